The molecule has 0 aliphatic carbocycles. The van der Waals surface area contributed by atoms with Gasteiger partial charge in [0.2, 0.25) is 11.8 Å². The van der Waals surface area contributed by atoms with E-state index in [0.29, 0.717) is 24.6 Å². The number of likely N-dealkylation sites (tertiary alicyclic amines) is 2. The minimum Gasteiger partial charge on any atom is -0.351 e. The molecule has 0 bridgehead atoms. The minimum absolute atomic E-state index is 0.0719. The second-order valence-electron chi connectivity index (χ2n) is 7.26. The molecule has 1 N–H and O–H groups in total. The average molecular weight is 361 g/mol. The summed E-state index contributed by atoms with van der Waals surface area (Å²) in [7, 11) is 0. The smallest absolute Gasteiger partial charge is 0.234 e. The molecule has 0 spiro atoms. The number of hydrogen-bond acceptors (Lipinski definition) is 3. The van der Waals surface area contributed by atoms with Crippen molar-refractivity contribution in [1.82, 2.24) is 15.1 Å². The van der Waals surface area contributed by atoms with E-state index in [-0.39, 0.29) is 24.2 Å². The van der Waals surface area contributed by atoms with Crippen molar-refractivity contribution in [2.45, 2.75) is 51.1 Å². The minimum atomic E-state index is -0.293. The summed E-state index contributed by atoms with van der Waals surface area (Å²) in [5.41, 5.74) is 0.503. The highest BCUT2D eigenvalue weighted by Gasteiger charge is 2.26. The van der Waals surface area contributed by atoms with Crippen LogP contribution in [0, 0.1) is 5.82 Å². The molecule has 0 unspecified atom stereocenters. The van der Waals surface area contributed by atoms with E-state index in [9.17, 15) is 14.0 Å². The van der Waals surface area contributed by atoms with Gasteiger partial charge in [0, 0.05) is 37.7 Å². The van der Waals surface area contributed by atoms with Gasteiger partial charge in [-0.3, -0.25) is 14.5 Å². The Morgan fingerprint density at radius 2 is 2.04 bits per heavy atom. The van der Waals surface area contributed by atoms with Crippen molar-refractivity contribution in [3.05, 3.63) is 35.6 Å². The first-order valence-corrected chi connectivity index (χ1v) is 9.65. The first-order chi connectivity index (χ1) is 12.6. The van der Waals surface area contributed by atoms with Gasteiger partial charge < -0.3 is 10.2 Å². The van der Waals surface area contributed by atoms with Crippen molar-refractivity contribution in [3.8, 4) is 0 Å². The second-order valence-corrected chi connectivity index (χ2v) is 7.26. The van der Waals surface area contributed by atoms with Crippen LogP contribution in [0.1, 0.15) is 44.1 Å². The van der Waals surface area contributed by atoms with Gasteiger partial charge in [-0.05, 0) is 38.3 Å². The molecule has 26 heavy (non-hydrogen) atoms. The van der Waals surface area contributed by atoms with Crippen LogP contribution in [0.3, 0.4) is 0 Å². The maximum absolute atomic E-state index is 13.6. The third kappa shape index (κ3) is 5.04. The van der Waals surface area contributed by atoms with Crippen molar-refractivity contribution in [1.29, 1.82) is 0 Å². The molecule has 2 saturated heterocycles. The lowest BCUT2D eigenvalue weighted by molar-refractivity contribution is -0.128. The van der Waals surface area contributed by atoms with Crippen LogP contribution in [0.4, 0.5) is 4.39 Å². The Labute approximate surface area is 154 Å². The van der Waals surface area contributed by atoms with Gasteiger partial charge in [0.25, 0.3) is 0 Å². The van der Waals surface area contributed by atoms with E-state index in [1.807, 2.05) is 4.90 Å². The van der Waals surface area contributed by atoms with E-state index >= 15 is 0 Å². The molecule has 2 heterocycles. The molecule has 0 saturated carbocycles. The maximum Gasteiger partial charge on any atom is 0.234 e. The van der Waals surface area contributed by atoms with Crippen LogP contribution in [-0.4, -0.2) is 53.8 Å². The largest absolute Gasteiger partial charge is 0.351 e. The summed E-state index contributed by atoms with van der Waals surface area (Å²) in [6, 6.07) is 6.85. The van der Waals surface area contributed by atoms with Crippen molar-refractivity contribution in [3.63, 3.8) is 0 Å². The summed E-state index contributed by atoms with van der Waals surface area (Å²) < 4.78 is 13.6. The molecule has 3 rings (SSSR count). The highest BCUT2D eigenvalue weighted by Crippen LogP contribution is 2.21. The summed E-state index contributed by atoms with van der Waals surface area (Å²) in [6.07, 6.45) is 5.90. The summed E-state index contributed by atoms with van der Waals surface area (Å²) >= 11 is 0. The van der Waals surface area contributed by atoms with Crippen LogP contribution in [-0.2, 0) is 16.1 Å². The molecular formula is C20H28FN3O2. The standard InChI is InChI=1S/C20H28FN3O2/c21-18-8-2-1-6-16(18)14-22-19(25)15-24-11-4-3-7-17(24)10-13-23-12-5-9-20(23)26/h1-2,6,8,17H,3-5,7,9-15H2,(H,22,25)/t17-/m1/s1. The number of carbonyl (C=O) groups is 2. The molecule has 6 heteroatoms. The number of nitrogens with one attached hydrogen (secondary N) is 1. The maximum atomic E-state index is 13.6. The van der Waals surface area contributed by atoms with Crippen LogP contribution < -0.4 is 5.32 Å². The van der Waals surface area contributed by atoms with Crippen LogP contribution in [0.5, 0.6) is 0 Å². The predicted octanol–water partition coefficient (Wildman–Crippen LogP) is 2.31. The molecule has 0 radical (unpaired) electrons. The van der Waals surface area contributed by atoms with E-state index < -0.39 is 0 Å². The van der Waals surface area contributed by atoms with Crippen molar-refractivity contribution in [2.75, 3.05) is 26.2 Å². The van der Waals surface area contributed by atoms with Crippen LogP contribution >= 0.6 is 0 Å². The number of piperidine rings is 1. The lowest BCUT2D eigenvalue weighted by atomic mass is 9.99. The molecule has 2 amide bonds. The lowest BCUT2D eigenvalue weighted by Crippen LogP contribution is -2.46. The predicted molar refractivity (Wildman–Crippen MR) is 97.9 cm³/mol. The van der Waals surface area contributed by atoms with Crippen LogP contribution in [0.25, 0.3) is 0 Å². The Bertz CT molecular complexity index is 637. The summed E-state index contributed by atoms with van der Waals surface area (Å²) in [6.45, 7) is 3.12. The SMILES string of the molecule is O=C(CN1CCCC[C@@H]1CCN1CCCC1=O)NCc1ccccc1F. The van der Waals surface area contributed by atoms with E-state index in [1.165, 1.54) is 12.5 Å². The average Bonchev–Trinajstić information content (AvgIpc) is 3.05. The molecule has 2 aliphatic heterocycles. The third-order valence-electron chi connectivity index (χ3n) is 5.43. The number of benzene rings is 1. The number of nitrogens with zero attached hydrogens (tertiary/aromatic N) is 2. The Morgan fingerprint density at radius 1 is 1.19 bits per heavy atom. The van der Waals surface area contributed by atoms with Gasteiger partial charge in [-0.25, -0.2) is 4.39 Å². The molecule has 2 fully saturated rings. The zero-order chi connectivity index (χ0) is 18.4. The number of rotatable bonds is 7. The highest BCUT2D eigenvalue weighted by atomic mass is 19.1. The number of hydrogen-bond donors (Lipinski definition) is 1. The van der Waals surface area contributed by atoms with Gasteiger partial charge in [0.05, 0.1) is 6.54 Å². The first kappa shape index (κ1) is 18.8. The van der Waals surface area contributed by atoms with Crippen molar-refractivity contribution in [2.24, 2.45) is 0 Å². The topological polar surface area (TPSA) is 52.7 Å². The molecule has 2 aliphatic rings. The van der Waals surface area contributed by atoms with Gasteiger partial charge in [-0.15, -0.1) is 0 Å². The van der Waals surface area contributed by atoms with Gasteiger partial charge in [-0.2, -0.15) is 0 Å². The molecule has 5 nitrogen and oxygen atoms in total. The van der Waals surface area contributed by atoms with Crippen molar-refractivity contribution >= 4 is 11.8 Å². The fraction of sp³-hybridized carbons (Fsp3) is 0.600. The molecule has 1 aromatic carbocycles. The molecule has 142 valence electrons. The first-order valence-electron chi connectivity index (χ1n) is 9.65. The number of carbonyl (C=O) groups excluding carboxylic acids is 2. The monoisotopic (exact) mass is 361 g/mol. The normalized spacial score (nSPS) is 21.2. The highest BCUT2D eigenvalue weighted by molar-refractivity contribution is 5.78. The van der Waals surface area contributed by atoms with E-state index in [4.69, 9.17) is 0 Å². The Morgan fingerprint density at radius 3 is 2.81 bits per heavy atom. The van der Waals surface area contributed by atoms with E-state index in [2.05, 4.69) is 10.2 Å². The molecular weight excluding hydrogens is 333 g/mol. The zero-order valence-corrected chi connectivity index (χ0v) is 15.3. The zero-order valence-electron chi connectivity index (χ0n) is 15.3. The molecule has 0 aromatic heterocycles. The van der Waals surface area contributed by atoms with Crippen LogP contribution in [0.15, 0.2) is 24.3 Å². The summed E-state index contributed by atoms with van der Waals surface area (Å²) in [5, 5.41) is 2.83. The van der Waals surface area contributed by atoms with E-state index in [1.54, 1.807) is 18.2 Å². The van der Waals surface area contributed by atoms with Crippen LogP contribution in [0.2, 0.25) is 0 Å². The molecule has 1 aromatic rings. The van der Waals surface area contributed by atoms with Crippen molar-refractivity contribution < 1.29 is 14.0 Å². The Kier molecular flexibility index (Phi) is 6.61. The summed E-state index contributed by atoms with van der Waals surface area (Å²) in [4.78, 5) is 28.3. The Balaban J connectivity index is 1.47. The quantitative estimate of drug-likeness (QED) is 0.811. The lowest BCUT2D eigenvalue weighted by Gasteiger charge is -2.36. The summed E-state index contributed by atoms with van der Waals surface area (Å²) in [5.74, 6) is -0.105. The van der Waals surface area contributed by atoms with Gasteiger partial charge >= 0.3 is 0 Å². The van der Waals surface area contributed by atoms with Gasteiger partial charge in [-0.1, -0.05) is 24.6 Å². The van der Waals surface area contributed by atoms with Gasteiger partial charge in [0.1, 0.15) is 5.82 Å². The fourth-order valence-corrected chi connectivity index (χ4v) is 3.92. The number of halogens is 1. The Hall–Kier alpha value is -1.95. The van der Waals surface area contributed by atoms with Gasteiger partial charge in [0.15, 0.2) is 0 Å². The second kappa shape index (κ2) is 9.12. The fourth-order valence-electron chi connectivity index (χ4n) is 3.92. The number of amides is 2. The third-order valence-corrected chi connectivity index (χ3v) is 5.43. The molecule has 1 atom stereocenters. The van der Waals surface area contributed by atoms with E-state index in [0.717, 1.165) is 45.3 Å².